The van der Waals surface area contributed by atoms with Crippen LogP contribution in [0.1, 0.15) is 46.2 Å². The number of aromatic nitrogens is 3. The molecule has 1 saturated heterocycles. The summed E-state index contributed by atoms with van der Waals surface area (Å²) < 4.78 is 2.14. The van der Waals surface area contributed by atoms with E-state index in [1.165, 1.54) is 0 Å². The minimum absolute atomic E-state index is 0.0143. The molecule has 0 spiro atoms. The normalized spacial score (nSPS) is 17.2. The van der Waals surface area contributed by atoms with Crippen molar-refractivity contribution in [1.82, 2.24) is 19.4 Å². The molecule has 3 aromatic rings. The van der Waals surface area contributed by atoms with Gasteiger partial charge >= 0.3 is 0 Å². The van der Waals surface area contributed by atoms with E-state index < -0.39 is 0 Å². The van der Waals surface area contributed by atoms with Crippen molar-refractivity contribution in [3.05, 3.63) is 64.1 Å². The molecular weight excluding hydrogens is 360 g/mol. The highest BCUT2D eigenvalue weighted by Gasteiger charge is 2.28. The largest absolute Gasteiger partial charge is 0.508 e. The maximum Gasteiger partial charge on any atom is 0.253 e. The Morgan fingerprint density at radius 2 is 2.26 bits per heavy atom. The number of phenols is 1. The monoisotopic (exact) mass is 382 g/mol. The third kappa shape index (κ3) is 3.73. The molecule has 1 atom stereocenters. The van der Waals surface area contributed by atoms with E-state index >= 15 is 0 Å². The van der Waals surface area contributed by atoms with Crippen LogP contribution >= 0.6 is 11.3 Å². The van der Waals surface area contributed by atoms with Gasteiger partial charge in [0.2, 0.25) is 0 Å². The molecule has 4 rings (SSSR count). The van der Waals surface area contributed by atoms with Gasteiger partial charge in [-0.05, 0) is 43.5 Å². The first-order valence-corrected chi connectivity index (χ1v) is 10.0. The van der Waals surface area contributed by atoms with Gasteiger partial charge in [0.25, 0.3) is 5.91 Å². The highest BCUT2D eigenvalue weighted by molar-refractivity contribution is 7.07. The molecule has 1 aromatic carbocycles. The van der Waals surface area contributed by atoms with Crippen molar-refractivity contribution in [3.63, 3.8) is 0 Å². The number of carbonyl (C=O) groups is 1. The second-order valence-electron chi connectivity index (χ2n) is 6.98. The van der Waals surface area contributed by atoms with Crippen molar-refractivity contribution in [2.75, 3.05) is 13.1 Å². The molecule has 1 N–H and O–H groups in total. The second-order valence-corrected chi connectivity index (χ2v) is 7.70. The van der Waals surface area contributed by atoms with Crippen molar-refractivity contribution in [2.45, 2.75) is 32.2 Å². The first-order valence-electron chi connectivity index (χ1n) is 9.09. The molecular formula is C20H22N4O2S. The number of hydrogen-bond donors (Lipinski definition) is 1. The summed E-state index contributed by atoms with van der Waals surface area (Å²) in [6.45, 7) is 3.93. The van der Waals surface area contributed by atoms with Crippen LogP contribution in [0.3, 0.4) is 0 Å². The van der Waals surface area contributed by atoms with Crippen LogP contribution in [0.25, 0.3) is 0 Å². The third-order valence-electron chi connectivity index (χ3n) is 5.08. The Labute approximate surface area is 162 Å². The average molecular weight is 382 g/mol. The van der Waals surface area contributed by atoms with E-state index in [1.54, 1.807) is 36.5 Å². The number of amides is 1. The summed E-state index contributed by atoms with van der Waals surface area (Å²) in [6, 6.07) is 5.03. The summed E-state index contributed by atoms with van der Waals surface area (Å²) >= 11 is 1.59. The molecule has 0 saturated carbocycles. The topological polar surface area (TPSA) is 71.2 Å². The standard InChI is InChI=1S/C20H22N4O2S/c1-14-9-15(4-5-18(14)25)20(26)24-7-2-3-16(10-24)19-21-6-8-23(19)11-17-12-27-13-22-17/h4-6,8-9,12-13,16,25H,2-3,7,10-11H2,1H3/t16-/m0/s1. The summed E-state index contributed by atoms with van der Waals surface area (Å²) in [5.41, 5.74) is 4.21. The van der Waals surface area contributed by atoms with Gasteiger partial charge in [0.1, 0.15) is 11.6 Å². The Morgan fingerprint density at radius 3 is 3.04 bits per heavy atom. The second kappa shape index (κ2) is 7.52. The maximum atomic E-state index is 12.9. The lowest BCUT2D eigenvalue weighted by Gasteiger charge is -2.33. The zero-order valence-corrected chi connectivity index (χ0v) is 16.0. The Hall–Kier alpha value is -2.67. The molecule has 2 aromatic heterocycles. The van der Waals surface area contributed by atoms with Crippen molar-refractivity contribution in [3.8, 4) is 5.75 Å². The van der Waals surface area contributed by atoms with Crippen LogP contribution in [-0.4, -0.2) is 43.5 Å². The minimum Gasteiger partial charge on any atom is -0.508 e. The van der Waals surface area contributed by atoms with Crippen molar-refractivity contribution in [1.29, 1.82) is 0 Å². The van der Waals surface area contributed by atoms with Gasteiger partial charge in [-0.15, -0.1) is 11.3 Å². The van der Waals surface area contributed by atoms with Crippen LogP contribution in [0, 0.1) is 6.92 Å². The molecule has 1 amide bonds. The predicted octanol–water partition coefficient (Wildman–Crippen LogP) is 3.42. The van der Waals surface area contributed by atoms with Gasteiger partial charge in [-0.3, -0.25) is 4.79 Å². The third-order valence-corrected chi connectivity index (χ3v) is 5.72. The van der Waals surface area contributed by atoms with Crippen LogP contribution in [0.4, 0.5) is 0 Å². The first-order chi connectivity index (χ1) is 13.1. The van der Waals surface area contributed by atoms with Crippen LogP contribution in [-0.2, 0) is 6.54 Å². The summed E-state index contributed by atoms with van der Waals surface area (Å²) in [5, 5.41) is 11.7. The highest BCUT2D eigenvalue weighted by atomic mass is 32.1. The average Bonchev–Trinajstić information content (AvgIpc) is 3.36. The number of thiazole rings is 1. The molecule has 7 heteroatoms. The van der Waals surface area contributed by atoms with Crippen LogP contribution in [0.2, 0.25) is 0 Å². The number of phenolic OH excluding ortho intramolecular Hbond substituents is 1. The van der Waals surface area contributed by atoms with E-state index in [4.69, 9.17) is 0 Å². The zero-order chi connectivity index (χ0) is 18.8. The zero-order valence-electron chi connectivity index (χ0n) is 15.2. The number of imidazole rings is 1. The SMILES string of the molecule is Cc1cc(C(=O)N2CCC[C@H](c3nccn3Cc3cscn3)C2)ccc1O. The lowest BCUT2D eigenvalue weighted by Crippen LogP contribution is -2.39. The van der Waals surface area contributed by atoms with Crippen LogP contribution in [0.15, 0.2) is 41.5 Å². The fourth-order valence-corrected chi connectivity index (χ4v) is 4.20. The van der Waals surface area contributed by atoms with Gasteiger partial charge in [-0.25, -0.2) is 9.97 Å². The Morgan fingerprint density at radius 1 is 1.37 bits per heavy atom. The Kier molecular flexibility index (Phi) is 4.94. The molecule has 3 heterocycles. The van der Waals surface area contributed by atoms with Gasteiger partial charge in [-0.2, -0.15) is 0 Å². The van der Waals surface area contributed by atoms with Crippen molar-refractivity contribution in [2.24, 2.45) is 0 Å². The van der Waals surface area contributed by atoms with Gasteiger partial charge in [0, 0.05) is 42.3 Å². The number of nitrogens with zero attached hydrogens (tertiary/aromatic N) is 4. The van der Waals surface area contributed by atoms with Gasteiger partial charge in [0.05, 0.1) is 17.7 Å². The lowest BCUT2D eigenvalue weighted by molar-refractivity contribution is 0.0703. The van der Waals surface area contributed by atoms with E-state index in [9.17, 15) is 9.90 Å². The van der Waals surface area contributed by atoms with Gasteiger partial charge in [0.15, 0.2) is 0 Å². The number of rotatable bonds is 4. The minimum atomic E-state index is 0.0143. The number of hydrogen-bond acceptors (Lipinski definition) is 5. The van der Waals surface area contributed by atoms with E-state index in [-0.39, 0.29) is 17.6 Å². The summed E-state index contributed by atoms with van der Waals surface area (Å²) in [6.07, 6.45) is 5.79. The number of aryl methyl sites for hydroxylation is 1. The number of aromatic hydroxyl groups is 1. The number of piperidine rings is 1. The summed E-state index contributed by atoms with van der Waals surface area (Å²) in [5.74, 6) is 1.46. The smallest absolute Gasteiger partial charge is 0.253 e. The molecule has 1 fully saturated rings. The van der Waals surface area contributed by atoms with Crippen LogP contribution < -0.4 is 0 Å². The first kappa shape index (κ1) is 17.7. The molecule has 0 aliphatic carbocycles. The predicted molar refractivity (Wildman–Crippen MR) is 104 cm³/mol. The van der Waals surface area contributed by atoms with E-state index in [0.29, 0.717) is 24.2 Å². The molecule has 1 aliphatic rings. The Bertz CT molecular complexity index is 935. The molecule has 0 bridgehead atoms. The quantitative estimate of drug-likeness (QED) is 0.750. The van der Waals surface area contributed by atoms with E-state index in [1.807, 2.05) is 28.2 Å². The summed E-state index contributed by atoms with van der Waals surface area (Å²) in [7, 11) is 0. The van der Waals surface area contributed by atoms with Crippen molar-refractivity contribution < 1.29 is 9.90 Å². The van der Waals surface area contributed by atoms with E-state index in [2.05, 4.69) is 14.5 Å². The van der Waals surface area contributed by atoms with Crippen molar-refractivity contribution >= 4 is 17.2 Å². The van der Waals surface area contributed by atoms with E-state index in [0.717, 1.165) is 30.9 Å². The van der Waals surface area contributed by atoms with Gasteiger partial charge < -0.3 is 14.6 Å². The molecule has 6 nitrogen and oxygen atoms in total. The Balaban J connectivity index is 1.51. The maximum absolute atomic E-state index is 12.9. The molecule has 140 valence electrons. The van der Waals surface area contributed by atoms with Gasteiger partial charge in [-0.1, -0.05) is 0 Å². The lowest BCUT2D eigenvalue weighted by atomic mass is 9.96. The molecule has 1 aliphatic heterocycles. The fraction of sp³-hybridized carbons (Fsp3) is 0.350. The number of benzene rings is 1. The number of likely N-dealkylation sites (tertiary alicyclic amines) is 1. The molecule has 27 heavy (non-hydrogen) atoms. The molecule has 0 unspecified atom stereocenters. The summed E-state index contributed by atoms with van der Waals surface area (Å²) in [4.78, 5) is 23.8. The van der Waals surface area contributed by atoms with Crippen LogP contribution in [0.5, 0.6) is 5.75 Å². The number of carbonyl (C=O) groups excluding carboxylic acids is 1. The molecule has 0 radical (unpaired) electrons. The fourth-order valence-electron chi connectivity index (χ4n) is 3.65. The highest BCUT2D eigenvalue weighted by Crippen LogP contribution is 2.28.